The minimum absolute atomic E-state index is 0.0430. The van der Waals surface area contributed by atoms with Crippen LogP contribution in [0.5, 0.6) is 0 Å². The largest absolute Gasteiger partial charge is 0.389 e. The van der Waals surface area contributed by atoms with E-state index in [1.807, 2.05) is 0 Å². The lowest BCUT2D eigenvalue weighted by molar-refractivity contribution is 0.0136. The third-order valence-corrected chi connectivity index (χ3v) is 4.96. The standard InChI is InChI=1S/C12H22O3S/c1-3-4-9-16(14,15)10-12(13)7-5-11(2)6-8-12/h3-4,11,13H,5-10H2,1-2H3. The van der Waals surface area contributed by atoms with E-state index >= 15 is 0 Å². The van der Waals surface area contributed by atoms with Crippen molar-refractivity contribution in [3.05, 3.63) is 12.2 Å². The summed E-state index contributed by atoms with van der Waals surface area (Å²) in [6.07, 6.45) is 6.44. The van der Waals surface area contributed by atoms with Crippen molar-refractivity contribution in [2.24, 2.45) is 5.92 Å². The quantitative estimate of drug-likeness (QED) is 0.771. The van der Waals surface area contributed by atoms with Gasteiger partial charge in [-0.1, -0.05) is 19.1 Å². The molecule has 1 rings (SSSR count). The van der Waals surface area contributed by atoms with Crippen molar-refractivity contribution in [2.45, 2.75) is 45.1 Å². The van der Waals surface area contributed by atoms with Crippen LogP contribution in [0.4, 0.5) is 0 Å². The van der Waals surface area contributed by atoms with Crippen molar-refractivity contribution >= 4 is 9.84 Å². The Balaban J connectivity index is 2.58. The Morgan fingerprint density at radius 2 is 1.94 bits per heavy atom. The van der Waals surface area contributed by atoms with E-state index in [2.05, 4.69) is 6.92 Å². The average molecular weight is 246 g/mol. The van der Waals surface area contributed by atoms with E-state index in [9.17, 15) is 13.5 Å². The van der Waals surface area contributed by atoms with Crippen LogP contribution in [0.15, 0.2) is 12.2 Å². The van der Waals surface area contributed by atoms with Gasteiger partial charge < -0.3 is 5.11 Å². The van der Waals surface area contributed by atoms with Gasteiger partial charge in [-0.3, -0.25) is 0 Å². The summed E-state index contributed by atoms with van der Waals surface area (Å²) in [7, 11) is -3.16. The van der Waals surface area contributed by atoms with Crippen LogP contribution in [0.1, 0.15) is 39.5 Å². The molecule has 0 aromatic rings. The van der Waals surface area contributed by atoms with Crippen molar-refractivity contribution < 1.29 is 13.5 Å². The highest BCUT2D eigenvalue weighted by molar-refractivity contribution is 7.91. The van der Waals surface area contributed by atoms with E-state index in [1.165, 1.54) is 0 Å². The Bertz CT molecular complexity index is 335. The maximum Gasteiger partial charge on any atom is 0.156 e. The Labute approximate surface area is 98.5 Å². The van der Waals surface area contributed by atoms with E-state index in [4.69, 9.17) is 0 Å². The molecule has 0 spiro atoms. The molecule has 0 heterocycles. The normalized spacial score (nSPS) is 32.1. The van der Waals surface area contributed by atoms with E-state index in [-0.39, 0.29) is 11.5 Å². The molecular formula is C12H22O3S. The minimum atomic E-state index is -3.16. The van der Waals surface area contributed by atoms with Gasteiger partial charge in [0.05, 0.1) is 17.1 Å². The van der Waals surface area contributed by atoms with Crippen LogP contribution in [0.3, 0.4) is 0 Å². The molecule has 0 unspecified atom stereocenters. The van der Waals surface area contributed by atoms with Gasteiger partial charge in [0.1, 0.15) is 0 Å². The first kappa shape index (κ1) is 13.7. The maximum absolute atomic E-state index is 11.7. The fourth-order valence-corrected chi connectivity index (χ4v) is 3.87. The van der Waals surface area contributed by atoms with Gasteiger partial charge in [0.25, 0.3) is 0 Å². The Kier molecular flexibility index (Phi) is 4.56. The van der Waals surface area contributed by atoms with Crippen LogP contribution in [-0.4, -0.2) is 30.6 Å². The zero-order valence-corrected chi connectivity index (χ0v) is 11.0. The average Bonchev–Trinajstić information content (AvgIpc) is 2.19. The molecule has 0 bridgehead atoms. The zero-order chi connectivity index (χ0) is 12.2. The summed E-state index contributed by atoms with van der Waals surface area (Å²) in [5.41, 5.74) is -0.979. The highest BCUT2D eigenvalue weighted by Crippen LogP contribution is 2.32. The van der Waals surface area contributed by atoms with E-state index < -0.39 is 15.4 Å². The second-order valence-corrected chi connectivity index (χ2v) is 7.14. The maximum atomic E-state index is 11.7. The van der Waals surface area contributed by atoms with Crippen molar-refractivity contribution in [1.82, 2.24) is 0 Å². The lowest BCUT2D eigenvalue weighted by atomic mass is 9.81. The Morgan fingerprint density at radius 1 is 1.38 bits per heavy atom. The van der Waals surface area contributed by atoms with Gasteiger partial charge in [-0.05, 0) is 38.5 Å². The molecule has 1 N–H and O–H groups in total. The van der Waals surface area contributed by atoms with Crippen LogP contribution < -0.4 is 0 Å². The summed E-state index contributed by atoms with van der Waals surface area (Å²) in [6, 6.07) is 0. The molecule has 0 saturated heterocycles. The molecule has 0 atom stereocenters. The fraction of sp³-hybridized carbons (Fsp3) is 0.833. The van der Waals surface area contributed by atoms with E-state index in [0.29, 0.717) is 18.8 Å². The second-order valence-electron chi connectivity index (χ2n) is 5.03. The van der Waals surface area contributed by atoms with Gasteiger partial charge in [-0.15, -0.1) is 0 Å². The number of hydrogen-bond donors (Lipinski definition) is 1. The first-order valence-corrected chi connectivity index (χ1v) is 7.73. The Hall–Kier alpha value is -0.350. The first-order valence-electron chi connectivity index (χ1n) is 5.91. The minimum Gasteiger partial charge on any atom is -0.389 e. The molecule has 1 saturated carbocycles. The van der Waals surface area contributed by atoms with Gasteiger partial charge in [-0.25, -0.2) is 8.42 Å². The van der Waals surface area contributed by atoms with Crippen molar-refractivity contribution in [3.63, 3.8) is 0 Å². The van der Waals surface area contributed by atoms with Gasteiger partial charge >= 0.3 is 0 Å². The van der Waals surface area contributed by atoms with Crippen LogP contribution in [-0.2, 0) is 9.84 Å². The molecule has 0 radical (unpaired) electrons. The van der Waals surface area contributed by atoms with Crippen molar-refractivity contribution in [2.75, 3.05) is 11.5 Å². The summed E-state index contributed by atoms with van der Waals surface area (Å²) < 4.78 is 23.5. The van der Waals surface area contributed by atoms with Gasteiger partial charge in [0.15, 0.2) is 9.84 Å². The highest BCUT2D eigenvalue weighted by atomic mass is 32.2. The third kappa shape index (κ3) is 4.26. The number of rotatable bonds is 4. The molecule has 0 aliphatic heterocycles. The number of allylic oxidation sites excluding steroid dienone is 1. The van der Waals surface area contributed by atoms with Crippen molar-refractivity contribution in [1.29, 1.82) is 0 Å². The van der Waals surface area contributed by atoms with Gasteiger partial charge in [0, 0.05) is 0 Å². The summed E-state index contributed by atoms with van der Waals surface area (Å²) in [6.45, 7) is 3.94. The third-order valence-electron chi connectivity index (χ3n) is 3.28. The lowest BCUT2D eigenvalue weighted by Gasteiger charge is -2.34. The summed E-state index contributed by atoms with van der Waals surface area (Å²) in [4.78, 5) is 0. The monoisotopic (exact) mass is 246 g/mol. The molecule has 1 aliphatic carbocycles. The summed E-state index contributed by atoms with van der Waals surface area (Å²) >= 11 is 0. The molecule has 94 valence electrons. The van der Waals surface area contributed by atoms with E-state index in [1.54, 1.807) is 19.1 Å². The summed E-state index contributed by atoms with van der Waals surface area (Å²) in [5, 5.41) is 10.2. The molecule has 1 fully saturated rings. The van der Waals surface area contributed by atoms with Gasteiger partial charge in [0.2, 0.25) is 0 Å². The predicted molar refractivity (Wildman–Crippen MR) is 66.0 cm³/mol. The van der Waals surface area contributed by atoms with Crippen molar-refractivity contribution in [3.8, 4) is 0 Å². The molecule has 4 heteroatoms. The van der Waals surface area contributed by atoms with Crippen LogP contribution in [0.25, 0.3) is 0 Å². The fourth-order valence-electron chi connectivity index (χ4n) is 2.15. The van der Waals surface area contributed by atoms with Crippen LogP contribution in [0.2, 0.25) is 0 Å². The zero-order valence-electron chi connectivity index (χ0n) is 10.1. The molecule has 3 nitrogen and oxygen atoms in total. The number of aliphatic hydroxyl groups is 1. The molecule has 0 aromatic carbocycles. The molecular weight excluding hydrogens is 224 g/mol. The smallest absolute Gasteiger partial charge is 0.156 e. The van der Waals surface area contributed by atoms with Crippen LogP contribution in [0, 0.1) is 5.92 Å². The summed E-state index contributed by atoms with van der Waals surface area (Å²) in [5.74, 6) is 0.567. The lowest BCUT2D eigenvalue weighted by Crippen LogP contribution is -2.41. The Morgan fingerprint density at radius 3 is 2.44 bits per heavy atom. The molecule has 0 aromatic heterocycles. The second kappa shape index (κ2) is 5.32. The molecule has 1 aliphatic rings. The number of hydrogen-bond acceptors (Lipinski definition) is 3. The molecule has 16 heavy (non-hydrogen) atoms. The predicted octanol–water partition coefficient (Wildman–Crippen LogP) is 1.92. The van der Waals surface area contributed by atoms with E-state index in [0.717, 1.165) is 12.8 Å². The first-order chi connectivity index (χ1) is 7.37. The number of sulfone groups is 1. The van der Waals surface area contributed by atoms with Crippen LogP contribution >= 0.6 is 0 Å². The van der Waals surface area contributed by atoms with Gasteiger partial charge in [-0.2, -0.15) is 0 Å². The SMILES string of the molecule is CC=CCS(=O)(=O)CC1(O)CCC(C)CC1. The molecule has 0 amide bonds. The topological polar surface area (TPSA) is 54.4 Å². The highest BCUT2D eigenvalue weighted by Gasteiger charge is 2.35.